The van der Waals surface area contributed by atoms with Crippen molar-refractivity contribution >= 4 is 0 Å². The van der Waals surface area contributed by atoms with Crippen LogP contribution in [0, 0.1) is 11.8 Å². The van der Waals surface area contributed by atoms with Crippen molar-refractivity contribution in [3.8, 4) is 0 Å². The lowest BCUT2D eigenvalue weighted by Crippen LogP contribution is -2.50. The van der Waals surface area contributed by atoms with Crippen molar-refractivity contribution in [2.24, 2.45) is 11.8 Å². The molecule has 4 heteroatoms. The molecule has 0 N–H and O–H groups in total. The summed E-state index contributed by atoms with van der Waals surface area (Å²) in [5.74, 6) is 1.82. The molecule has 0 atom stereocenters. The number of methoxy groups -OCH3 is 1. The molecule has 3 rings (SSSR count). The Morgan fingerprint density at radius 3 is 2.14 bits per heavy atom. The Hall–Kier alpha value is -0.160. The van der Waals surface area contributed by atoms with Gasteiger partial charge in [0.05, 0.1) is 12.8 Å². The van der Waals surface area contributed by atoms with E-state index in [2.05, 4.69) is 21.7 Å². The SMILES string of the molecule is COC1CC(CN2CCCN(CC3CCN(C)CC3)C2)C1. The van der Waals surface area contributed by atoms with E-state index < -0.39 is 0 Å². The smallest absolute Gasteiger partial charge is 0.0577 e. The van der Waals surface area contributed by atoms with E-state index in [0.717, 1.165) is 11.8 Å². The third-order valence-corrected chi connectivity index (χ3v) is 5.75. The number of hydrogen-bond donors (Lipinski definition) is 0. The van der Waals surface area contributed by atoms with Crippen LogP contribution in [0.4, 0.5) is 0 Å². The van der Waals surface area contributed by atoms with E-state index >= 15 is 0 Å². The van der Waals surface area contributed by atoms with Gasteiger partial charge in [-0.3, -0.25) is 9.80 Å². The second-order valence-corrected chi connectivity index (χ2v) is 7.59. The average molecular weight is 295 g/mol. The Balaban J connectivity index is 1.37. The van der Waals surface area contributed by atoms with Crippen molar-refractivity contribution < 1.29 is 4.74 Å². The van der Waals surface area contributed by atoms with Crippen molar-refractivity contribution in [1.29, 1.82) is 0 Å². The molecule has 0 bridgehead atoms. The van der Waals surface area contributed by atoms with Crippen LogP contribution >= 0.6 is 0 Å². The highest BCUT2D eigenvalue weighted by atomic mass is 16.5. The molecule has 3 aliphatic rings. The van der Waals surface area contributed by atoms with Crippen LogP contribution in [0.2, 0.25) is 0 Å². The highest BCUT2D eigenvalue weighted by Crippen LogP contribution is 2.30. The van der Waals surface area contributed by atoms with Crippen LogP contribution in [-0.4, -0.2) is 80.9 Å². The first kappa shape index (κ1) is 15.7. The maximum absolute atomic E-state index is 5.40. The van der Waals surface area contributed by atoms with E-state index in [9.17, 15) is 0 Å². The van der Waals surface area contributed by atoms with Gasteiger partial charge in [-0.05, 0) is 64.1 Å². The highest BCUT2D eigenvalue weighted by Gasteiger charge is 2.31. The molecule has 0 aromatic carbocycles. The Bertz CT molecular complexity index is 311. The average Bonchev–Trinajstić information content (AvgIpc) is 2.45. The third kappa shape index (κ3) is 4.41. The normalized spacial score (nSPS) is 34.0. The summed E-state index contributed by atoms with van der Waals surface area (Å²) in [5, 5.41) is 0. The molecular formula is C17H33N3O. The fourth-order valence-corrected chi connectivity index (χ4v) is 4.23. The third-order valence-electron chi connectivity index (χ3n) is 5.75. The van der Waals surface area contributed by atoms with E-state index in [-0.39, 0.29) is 0 Å². The predicted octanol–water partition coefficient (Wildman–Crippen LogP) is 1.72. The van der Waals surface area contributed by atoms with Crippen LogP contribution in [0.25, 0.3) is 0 Å². The van der Waals surface area contributed by atoms with E-state index in [1.54, 1.807) is 0 Å². The molecule has 0 amide bonds. The number of rotatable bonds is 5. The molecule has 0 aromatic rings. The molecule has 1 saturated carbocycles. The van der Waals surface area contributed by atoms with Gasteiger partial charge in [-0.1, -0.05) is 0 Å². The van der Waals surface area contributed by atoms with Gasteiger partial charge in [0.2, 0.25) is 0 Å². The standard InChI is InChI=1S/C17H33N3O/c1-18-8-4-15(5-9-18)12-19-6-3-7-20(14-19)13-16-10-17(11-16)21-2/h15-17H,3-14H2,1-2H3. The molecule has 2 heterocycles. The lowest BCUT2D eigenvalue weighted by molar-refractivity contribution is -0.0251. The molecule has 21 heavy (non-hydrogen) atoms. The molecule has 122 valence electrons. The fraction of sp³-hybridized carbons (Fsp3) is 1.00. The summed E-state index contributed by atoms with van der Waals surface area (Å²) in [6.07, 6.45) is 7.25. The van der Waals surface area contributed by atoms with Crippen LogP contribution in [0.5, 0.6) is 0 Å². The first-order chi connectivity index (χ1) is 10.2. The first-order valence-corrected chi connectivity index (χ1v) is 8.89. The highest BCUT2D eigenvalue weighted by molar-refractivity contribution is 4.84. The van der Waals surface area contributed by atoms with E-state index in [1.165, 1.54) is 78.0 Å². The monoisotopic (exact) mass is 295 g/mol. The second-order valence-electron chi connectivity index (χ2n) is 7.59. The van der Waals surface area contributed by atoms with Crippen molar-refractivity contribution in [2.75, 3.05) is 60.1 Å². The Kier molecular flexibility index (Phi) is 5.54. The largest absolute Gasteiger partial charge is 0.381 e. The van der Waals surface area contributed by atoms with Gasteiger partial charge < -0.3 is 9.64 Å². The van der Waals surface area contributed by atoms with Crippen molar-refractivity contribution in [1.82, 2.24) is 14.7 Å². The lowest BCUT2D eigenvalue weighted by Gasteiger charge is -2.43. The minimum atomic E-state index is 0.551. The van der Waals surface area contributed by atoms with Gasteiger partial charge in [0.1, 0.15) is 0 Å². The van der Waals surface area contributed by atoms with Crippen LogP contribution in [-0.2, 0) is 4.74 Å². The molecule has 1 aliphatic carbocycles. The first-order valence-electron chi connectivity index (χ1n) is 8.89. The number of hydrogen-bond acceptors (Lipinski definition) is 4. The molecule has 0 unspecified atom stereocenters. The van der Waals surface area contributed by atoms with Crippen molar-refractivity contribution in [2.45, 2.75) is 38.2 Å². The van der Waals surface area contributed by atoms with Gasteiger partial charge in [0, 0.05) is 33.3 Å². The van der Waals surface area contributed by atoms with Gasteiger partial charge in [0.25, 0.3) is 0 Å². The summed E-state index contributed by atoms with van der Waals surface area (Å²) in [6, 6.07) is 0. The molecule has 0 aromatic heterocycles. The number of piperidine rings is 1. The Morgan fingerprint density at radius 1 is 0.905 bits per heavy atom. The van der Waals surface area contributed by atoms with Gasteiger partial charge in [-0.2, -0.15) is 0 Å². The van der Waals surface area contributed by atoms with Crippen molar-refractivity contribution in [3.05, 3.63) is 0 Å². The van der Waals surface area contributed by atoms with Crippen LogP contribution < -0.4 is 0 Å². The van der Waals surface area contributed by atoms with E-state index in [1.807, 2.05) is 7.11 Å². The maximum Gasteiger partial charge on any atom is 0.0577 e. The molecule has 4 nitrogen and oxygen atoms in total. The molecule has 0 spiro atoms. The summed E-state index contributed by atoms with van der Waals surface area (Å²) in [4.78, 5) is 7.88. The van der Waals surface area contributed by atoms with Crippen LogP contribution in [0.15, 0.2) is 0 Å². The van der Waals surface area contributed by atoms with Crippen molar-refractivity contribution in [3.63, 3.8) is 0 Å². The molecular weight excluding hydrogens is 262 g/mol. The predicted molar refractivity (Wildman–Crippen MR) is 86.4 cm³/mol. The summed E-state index contributed by atoms with van der Waals surface area (Å²) >= 11 is 0. The molecule has 2 saturated heterocycles. The summed E-state index contributed by atoms with van der Waals surface area (Å²) in [6.45, 7) is 9.04. The quantitative estimate of drug-likeness (QED) is 0.769. The topological polar surface area (TPSA) is 19.0 Å². The van der Waals surface area contributed by atoms with Crippen LogP contribution in [0.1, 0.15) is 32.1 Å². The Morgan fingerprint density at radius 2 is 1.52 bits per heavy atom. The van der Waals surface area contributed by atoms with Gasteiger partial charge in [-0.15, -0.1) is 0 Å². The van der Waals surface area contributed by atoms with Gasteiger partial charge in [0.15, 0.2) is 0 Å². The minimum Gasteiger partial charge on any atom is -0.381 e. The van der Waals surface area contributed by atoms with E-state index in [4.69, 9.17) is 4.74 Å². The maximum atomic E-state index is 5.40. The summed E-state index contributed by atoms with van der Waals surface area (Å²) in [7, 11) is 4.11. The zero-order valence-corrected chi connectivity index (χ0v) is 14.0. The molecule has 2 aliphatic heterocycles. The zero-order chi connectivity index (χ0) is 14.7. The minimum absolute atomic E-state index is 0.551. The number of likely N-dealkylation sites (tertiary alicyclic amines) is 1. The zero-order valence-electron chi connectivity index (χ0n) is 14.0. The van der Waals surface area contributed by atoms with E-state index in [0.29, 0.717) is 6.10 Å². The number of ether oxygens (including phenoxy) is 1. The molecule has 3 fully saturated rings. The summed E-state index contributed by atoms with van der Waals surface area (Å²) < 4.78 is 5.40. The van der Waals surface area contributed by atoms with Gasteiger partial charge >= 0.3 is 0 Å². The Labute approximate surface area is 130 Å². The molecule has 0 radical (unpaired) electrons. The fourth-order valence-electron chi connectivity index (χ4n) is 4.23. The second kappa shape index (κ2) is 7.40. The van der Waals surface area contributed by atoms with Crippen LogP contribution in [0.3, 0.4) is 0 Å². The lowest BCUT2D eigenvalue weighted by atomic mass is 9.82. The summed E-state index contributed by atoms with van der Waals surface area (Å²) in [5.41, 5.74) is 0. The van der Waals surface area contributed by atoms with Gasteiger partial charge in [-0.25, -0.2) is 0 Å². The number of nitrogens with zero attached hydrogens (tertiary/aromatic N) is 3.